The fourth-order valence-corrected chi connectivity index (χ4v) is 4.13. The van der Waals surface area contributed by atoms with Crippen molar-refractivity contribution in [3.63, 3.8) is 0 Å². The molecule has 31 heavy (non-hydrogen) atoms. The van der Waals surface area contributed by atoms with Crippen LogP contribution in [0.5, 0.6) is 11.5 Å². The second-order valence-corrected chi connectivity index (χ2v) is 8.29. The van der Waals surface area contributed by atoms with Crippen LogP contribution in [0, 0.1) is 0 Å². The Morgan fingerprint density at radius 3 is 2.45 bits per heavy atom. The van der Waals surface area contributed by atoms with Gasteiger partial charge in [-0.05, 0) is 48.7 Å². The molecule has 0 aromatic heterocycles. The summed E-state index contributed by atoms with van der Waals surface area (Å²) in [6.07, 6.45) is 5.05. The van der Waals surface area contributed by atoms with E-state index in [9.17, 15) is 14.7 Å². The van der Waals surface area contributed by atoms with Crippen LogP contribution in [0.3, 0.4) is 0 Å². The SMILES string of the molecule is COc1ccc(C(=O)NC2(C(=O)O)CCCCCC2)cc1OCCc1cccc(Cl)c1. The molecule has 0 atom stereocenters. The summed E-state index contributed by atoms with van der Waals surface area (Å²) in [5.41, 5.74) is 0.154. The van der Waals surface area contributed by atoms with Crippen LogP contribution >= 0.6 is 11.6 Å². The molecule has 1 aliphatic rings. The first-order chi connectivity index (χ1) is 14.9. The zero-order chi connectivity index (χ0) is 22.3. The van der Waals surface area contributed by atoms with Gasteiger partial charge in [-0.1, -0.05) is 49.4 Å². The van der Waals surface area contributed by atoms with Crippen molar-refractivity contribution in [1.82, 2.24) is 5.32 Å². The number of rotatable bonds is 8. The van der Waals surface area contributed by atoms with Crippen LogP contribution in [0.4, 0.5) is 0 Å². The maximum Gasteiger partial charge on any atom is 0.329 e. The summed E-state index contributed by atoms with van der Waals surface area (Å²) in [7, 11) is 1.53. The van der Waals surface area contributed by atoms with Gasteiger partial charge in [-0.25, -0.2) is 4.79 Å². The normalized spacial score (nSPS) is 15.5. The van der Waals surface area contributed by atoms with Crippen LogP contribution in [0.15, 0.2) is 42.5 Å². The molecule has 0 aliphatic heterocycles. The average molecular weight is 446 g/mol. The van der Waals surface area contributed by atoms with Crippen LogP contribution < -0.4 is 14.8 Å². The third-order valence-corrected chi connectivity index (χ3v) is 5.92. The van der Waals surface area contributed by atoms with Crippen LogP contribution in [-0.4, -0.2) is 36.2 Å². The van der Waals surface area contributed by atoms with E-state index in [1.807, 2.05) is 24.3 Å². The Morgan fingerprint density at radius 2 is 1.81 bits per heavy atom. The van der Waals surface area contributed by atoms with Gasteiger partial charge in [-0.15, -0.1) is 0 Å². The fourth-order valence-electron chi connectivity index (χ4n) is 3.92. The van der Waals surface area contributed by atoms with Gasteiger partial charge in [0.2, 0.25) is 0 Å². The van der Waals surface area contributed by atoms with Crippen molar-refractivity contribution >= 4 is 23.5 Å². The molecule has 1 aliphatic carbocycles. The average Bonchev–Trinajstić information content (AvgIpc) is 3.00. The summed E-state index contributed by atoms with van der Waals surface area (Å²) in [5, 5.41) is 13.3. The molecule has 0 unspecified atom stereocenters. The highest BCUT2D eigenvalue weighted by Crippen LogP contribution is 2.31. The van der Waals surface area contributed by atoms with E-state index in [2.05, 4.69) is 5.32 Å². The Hall–Kier alpha value is -2.73. The van der Waals surface area contributed by atoms with Crippen molar-refractivity contribution in [3.8, 4) is 11.5 Å². The quantitative estimate of drug-likeness (QED) is 0.566. The van der Waals surface area contributed by atoms with E-state index in [1.165, 1.54) is 7.11 Å². The topological polar surface area (TPSA) is 84.9 Å². The highest BCUT2D eigenvalue weighted by molar-refractivity contribution is 6.30. The zero-order valence-electron chi connectivity index (χ0n) is 17.7. The summed E-state index contributed by atoms with van der Waals surface area (Å²) in [6, 6.07) is 12.4. The summed E-state index contributed by atoms with van der Waals surface area (Å²) in [6.45, 7) is 0.376. The number of benzene rings is 2. The lowest BCUT2D eigenvalue weighted by molar-refractivity contribution is -0.145. The molecule has 0 bridgehead atoms. The molecular formula is C24H28ClNO5. The summed E-state index contributed by atoms with van der Waals surface area (Å²) in [4.78, 5) is 24.9. The van der Waals surface area contributed by atoms with E-state index in [4.69, 9.17) is 21.1 Å². The van der Waals surface area contributed by atoms with Crippen molar-refractivity contribution in [2.45, 2.75) is 50.5 Å². The van der Waals surface area contributed by atoms with E-state index in [-0.39, 0.29) is 0 Å². The van der Waals surface area contributed by atoms with Crippen LogP contribution in [0.1, 0.15) is 54.4 Å². The Labute approximate surface area is 187 Å². The number of methoxy groups -OCH3 is 1. The van der Waals surface area contributed by atoms with Gasteiger partial charge in [-0.3, -0.25) is 4.79 Å². The number of nitrogens with one attached hydrogen (secondary N) is 1. The van der Waals surface area contributed by atoms with E-state index in [1.54, 1.807) is 18.2 Å². The highest BCUT2D eigenvalue weighted by Gasteiger charge is 2.40. The van der Waals surface area contributed by atoms with E-state index in [0.717, 1.165) is 31.2 Å². The molecule has 2 aromatic rings. The van der Waals surface area contributed by atoms with Gasteiger partial charge in [0.1, 0.15) is 5.54 Å². The molecule has 0 heterocycles. The number of hydrogen-bond acceptors (Lipinski definition) is 4. The van der Waals surface area contributed by atoms with Crippen LogP contribution in [-0.2, 0) is 11.2 Å². The van der Waals surface area contributed by atoms with E-state index >= 15 is 0 Å². The Bertz CT molecular complexity index is 922. The number of aliphatic carboxylic acids is 1. The first kappa shape index (κ1) is 22.9. The minimum Gasteiger partial charge on any atom is -0.493 e. The molecule has 2 aromatic carbocycles. The van der Waals surface area contributed by atoms with E-state index < -0.39 is 17.4 Å². The molecule has 7 heteroatoms. The second kappa shape index (κ2) is 10.5. The molecule has 3 rings (SSSR count). The molecule has 6 nitrogen and oxygen atoms in total. The molecule has 1 saturated carbocycles. The van der Waals surface area contributed by atoms with Gasteiger partial charge in [0.05, 0.1) is 13.7 Å². The van der Waals surface area contributed by atoms with Gasteiger partial charge in [0.15, 0.2) is 11.5 Å². The lowest BCUT2D eigenvalue weighted by Crippen LogP contribution is -2.54. The van der Waals surface area contributed by atoms with Crippen molar-refractivity contribution in [2.24, 2.45) is 0 Å². The Morgan fingerprint density at radius 1 is 1.06 bits per heavy atom. The summed E-state index contributed by atoms with van der Waals surface area (Å²) < 4.78 is 11.2. The van der Waals surface area contributed by atoms with Crippen molar-refractivity contribution < 1.29 is 24.2 Å². The minimum atomic E-state index is -1.22. The van der Waals surface area contributed by atoms with Gasteiger partial charge in [0, 0.05) is 17.0 Å². The van der Waals surface area contributed by atoms with Crippen LogP contribution in [0.2, 0.25) is 5.02 Å². The number of ether oxygens (including phenoxy) is 2. The molecule has 0 spiro atoms. The lowest BCUT2D eigenvalue weighted by atomic mass is 9.90. The van der Waals surface area contributed by atoms with Crippen LogP contribution in [0.25, 0.3) is 0 Å². The van der Waals surface area contributed by atoms with Crippen molar-refractivity contribution in [3.05, 3.63) is 58.6 Å². The minimum absolute atomic E-state index is 0.337. The number of hydrogen-bond donors (Lipinski definition) is 2. The second-order valence-electron chi connectivity index (χ2n) is 7.85. The third kappa shape index (κ3) is 5.91. The molecule has 166 valence electrons. The third-order valence-electron chi connectivity index (χ3n) is 5.68. The van der Waals surface area contributed by atoms with Gasteiger partial charge < -0.3 is 19.9 Å². The summed E-state index contributed by atoms with van der Waals surface area (Å²) in [5.74, 6) is -0.464. The number of carboxylic acids is 1. The largest absolute Gasteiger partial charge is 0.493 e. The maximum atomic E-state index is 12.9. The highest BCUT2D eigenvalue weighted by atomic mass is 35.5. The number of amides is 1. The predicted molar refractivity (Wildman–Crippen MR) is 119 cm³/mol. The van der Waals surface area contributed by atoms with Crippen molar-refractivity contribution in [2.75, 3.05) is 13.7 Å². The number of carboxylic acid groups (broad SMARTS) is 1. The standard InChI is InChI=1S/C24H28ClNO5/c1-30-20-10-9-18(16-21(20)31-14-11-17-7-6-8-19(25)15-17)22(27)26-24(23(28)29)12-4-2-3-5-13-24/h6-10,15-16H,2-5,11-14H2,1H3,(H,26,27)(H,28,29). The molecule has 1 fully saturated rings. The maximum absolute atomic E-state index is 12.9. The first-order valence-electron chi connectivity index (χ1n) is 10.5. The molecule has 0 saturated heterocycles. The Kier molecular flexibility index (Phi) is 7.80. The number of carbonyl (C=O) groups excluding carboxylic acids is 1. The zero-order valence-corrected chi connectivity index (χ0v) is 18.4. The fraction of sp³-hybridized carbons (Fsp3) is 0.417. The molecule has 0 radical (unpaired) electrons. The summed E-state index contributed by atoms with van der Waals surface area (Å²) >= 11 is 6.02. The van der Waals surface area contributed by atoms with E-state index in [0.29, 0.717) is 48.0 Å². The van der Waals surface area contributed by atoms with Gasteiger partial charge in [0.25, 0.3) is 5.91 Å². The molecular weight excluding hydrogens is 418 g/mol. The molecule has 2 N–H and O–H groups in total. The predicted octanol–water partition coefficient (Wildman–Crippen LogP) is 4.88. The van der Waals surface area contributed by atoms with Gasteiger partial charge >= 0.3 is 5.97 Å². The monoisotopic (exact) mass is 445 g/mol. The number of carbonyl (C=O) groups is 2. The lowest BCUT2D eigenvalue weighted by Gasteiger charge is -2.29. The molecule has 1 amide bonds. The van der Waals surface area contributed by atoms with Crippen molar-refractivity contribution in [1.29, 1.82) is 0 Å². The number of halogens is 1. The van der Waals surface area contributed by atoms with Gasteiger partial charge in [-0.2, -0.15) is 0 Å². The Balaban J connectivity index is 1.72. The smallest absolute Gasteiger partial charge is 0.329 e. The first-order valence-corrected chi connectivity index (χ1v) is 10.9.